The zero-order chi connectivity index (χ0) is 13.0. The van der Waals surface area contributed by atoms with Crippen LogP contribution in [0.4, 0.5) is 4.79 Å². The Labute approximate surface area is 109 Å². The lowest BCUT2D eigenvalue weighted by Crippen LogP contribution is -2.45. The van der Waals surface area contributed by atoms with Crippen molar-refractivity contribution in [2.24, 2.45) is 5.92 Å². The molecule has 2 aliphatic heterocycles. The van der Waals surface area contributed by atoms with E-state index in [9.17, 15) is 4.79 Å². The molecule has 2 heterocycles. The Kier molecular flexibility index (Phi) is 4.83. The zero-order valence-corrected chi connectivity index (χ0v) is 11.4. The normalized spacial score (nSPS) is 25.4. The largest absolute Gasteiger partial charge is 0.381 e. The number of ether oxygens (including phenoxy) is 2. The fourth-order valence-corrected chi connectivity index (χ4v) is 2.48. The van der Waals surface area contributed by atoms with Crippen LogP contribution in [0.25, 0.3) is 0 Å². The van der Waals surface area contributed by atoms with Gasteiger partial charge in [-0.15, -0.1) is 0 Å². The van der Waals surface area contributed by atoms with Crippen molar-refractivity contribution in [3.8, 4) is 0 Å². The van der Waals surface area contributed by atoms with Crippen LogP contribution in [0.5, 0.6) is 0 Å². The molecule has 18 heavy (non-hydrogen) atoms. The number of rotatable bonds is 3. The Morgan fingerprint density at radius 3 is 2.61 bits per heavy atom. The van der Waals surface area contributed by atoms with Crippen LogP contribution in [-0.2, 0) is 9.47 Å². The molecule has 0 bridgehead atoms. The highest BCUT2D eigenvalue weighted by atomic mass is 16.5. The van der Waals surface area contributed by atoms with Gasteiger partial charge < -0.3 is 19.3 Å². The number of hydrogen-bond donors (Lipinski definition) is 0. The number of amides is 2. The van der Waals surface area contributed by atoms with Crippen molar-refractivity contribution in [3.05, 3.63) is 0 Å². The number of piperidine rings is 1. The van der Waals surface area contributed by atoms with E-state index in [1.807, 2.05) is 4.90 Å². The van der Waals surface area contributed by atoms with Crippen molar-refractivity contribution in [2.45, 2.75) is 25.4 Å². The minimum atomic E-state index is 0.109. The van der Waals surface area contributed by atoms with Crippen LogP contribution in [0.15, 0.2) is 0 Å². The summed E-state index contributed by atoms with van der Waals surface area (Å²) in [6.45, 7) is 4.15. The third-order valence-corrected chi connectivity index (χ3v) is 3.69. The predicted molar refractivity (Wildman–Crippen MR) is 68.6 cm³/mol. The molecule has 0 aromatic rings. The number of urea groups is 1. The standard InChI is InChI=1S/C13H24N2O3/c1-14(2)13(16)15-6-3-12(4-7-15)18-10-11-5-8-17-9-11/h11-12H,3-10H2,1-2H3. The van der Waals surface area contributed by atoms with Crippen LogP contribution in [0.2, 0.25) is 0 Å². The van der Waals surface area contributed by atoms with Crippen LogP contribution in [0.1, 0.15) is 19.3 Å². The fourth-order valence-electron chi connectivity index (χ4n) is 2.48. The van der Waals surface area contributed by atoms with E-state index in [2.05, 4.69) is 0 Å². The zero-order valence-electron chi connectivity index (χ0n) is 11.4. The van der Waals surface area contributed by atoms with Gasteiger partial charge in [-0.05, 0) is 19.3 Å². The van der Waals surface area contributed by atoms with Gasteiger partial charge in [0.25, 0.3) is 0 Å². The molecule has 2 aliphatic rings. The quantitative estimate of drug-likeness (QED) is 0.761. The van der Waals surface area contributed by atoms with Gasteiger partial charge in [-0.3, -0.25) is 0 Å². The van der Waals surface area contributed by atoms with E-state index >= 15 is 0 Å². The Hall–Kier alpha value is -0.810. The summed E-state index contributed by atoms with van der Waals surface area (Å²) in [6.07, 6.45) is 3.34. The van der Waals surface area contributed by atoms with Crippen LogP contribution < -0.4 is 0 Å². The van der Waals surface area contributed by atoms with Gasteiger partial charge in [0.1, 0.15) is 0 Å². The van der Waals surface area contributed by atoms with E-state index in [1.165, 1.54) is 0 Å². The first-order chi connectivity index (χ1) is 8.66. The van der Waals surface area contributed by atoms with Crippen molar-refractivity contribution in [1.29, 1.82) is 0 Å². The number of nitrogens with zero attached hydrogens (tertiary/aromatic N) is 2. The SMILES string of the molecule is CN(C)C(=O)N1CCC(OCC2CCOC2)CC1. The van der Waals surface area contributed by atoms with Gasteiger partial charge in [0.15, 0.2) is 0 Å². The highest BCUT2D eigenvalue weighted by Gasteiger charge is 2.25. The lowest BCUT2D eigenvalue weighted by atomic mass is 10.1. The van der Waals surface area contributed by atoms with Crippen molar-refractivity contribution < 1.29 is 14.3 Å². The molecule has 0 radical (unpaired) electrons. The van der Waals surface area contributed by atoms with E-state index in [-0.39, 0.29) is 6.03 Å². The maximum atomic E-state index is 11.8. The molecular weight excluding hydrogens is 232 g/mol. The summed E-state index contributed by atoms with van der Waals surface area (Å²) in [5.74, 6) is 0.575. The van der Waals surface area contributed by atoms with E-state index in [0.29, 0.717) is 12.0 Å². The van der Waals surface area contributed by atoms with E-state index < -0.39 is 0 Å². The Bertz CT molecular complexity index is 269. The predicted octanol–water partition coefficient (Wildman–Crippen LogP) is 1.19. The van der Waals surface area contributed by atoms with Crippen LogP contribution in [0.3, 0.4) is 0 Å². The molecule has 0 saturated carbocycles. The summed E-state index contributed by atoms with van der Waals surface area (Å²) in [5.41, 5.74) is 0. The smallest absolute Gasteiger partial charge is 0.319 e. The van der Waals surface area contributed by atoms with Crippen LogP contribution in [-0.4, -0.2) is 68.9 Å². The molecule has 0 aromatic carbocycles. The molecule has 1 unspecified atom stereocenters. The van der Waals surface area contributed by atoms with Gasteiger partial charge in [0.05, 0.1) is 19.3 Å². The summed E-state index contributed by atoms with van der Waals surface area (Å²) < 4.78 is 11.3. The lowest BCUT2D eigenvalue weighted by molar-refractivity contribution is -0.00575. The minimum absolute atomic E-state index is 0.109. The monoisotopic (exact) mass is 256 g/mol. The molecule has 0 spiro atoms. The first kappa shape index (κ1) is 13.6. The average molecular weight is 256 g/mol. The second-order valence-corrected chi connectivity index (χ2v) is 5.43. The molecule has 0 aliphatic carbocycles. The number of hydrogen-bond acceptors (Lipinski definition) is 3. The van der Waals surface area contributed by atoms with Gasteiger partial charge in [-0.25, -0.2) is 4.79 Å². The highest BCUT2D eigenvalue weighted by molar-refractivity contribution is 5.73. The fraction of sp³-hybridized carbons (Fsp3) is 0.923. The Balaban J connectivity index is 1.65. The minimum Gasteiger partial charge on any atom is -0.381 e. The van der Waals surface area contributed by atoms with Crippen molar-refractivity contribution in [1.82, 2.24) is 9.80 Å². The van der Waals surface area contributed by atoms with Gasteiger partial charge in [-0.1, -0.05) is 0 Å². The average Bonchev–Trinajstić information content (AvgIpc) is 2.89. The lowest BCUT2D eigenvalue weighted by Gasteiger charge is -2.33. The van der Waals surface area contributed by atoms with Crippen molar-refractivity contribution >= 4 is 6.03 Å². The van der Waals surface area contributed by atoms with E-state index in [0.717, 1.165) is 52.2 Å². The van der Waals surface area contributed by atoms with Gasteiger partial charge in [0, 0.05) is 39.7 Å². The first-order valence-electron chi connectivity index (χ1n) is 6.82. The topological polar surface area (TPSA) is 42.0 Å². The summed E-state index contributed by atoms with van der Waals surface area (Å²) in [7, 11) is 3.59. The summed E-state index contributed by atoms with van der Waals surface area (Å²) in [5, 5.41) is 0. The maximum Gasteiger partial charge on any atom is 0.319 e. The number of carbonyl (C=O) groups is 1. The molecule has 1 atom stereocenters. The molecule has 2 rings (SSSR count). The Morgan fingerprint density at radius 2 is 2.06 bits per heavy atom. The molecular formula is C13H24N2O3. The summed E-state index contributed by atoms with van der Waals surface area (Å²) in [6, 6.07) is 0.109. The molecule has 0 aromatic heterocycles. The number of likely N-dealkylation sites (tertiary alicyclic amines) is 1. The second kappa shape index (κ2) is 6.38. The van der Waals surface area contributed by atoms with E-state index in [4.69, 9.17) is 9.47 Å². The second-order valence-electron chi connectivity index (χ2n) is 5.43. The first-order valence-corrected chi connectivity index (χ1v) is 6.82. The molecule has 104 valence electrons. The molecule has 5 heteroatoms. The van der Waals surface area contributed by atoms with E-state index in [1.54, 1.807) is 19.0 Å². The van der Waals surface area contributed by atoms with Crippen LogP contribution >= 0.6 is 0 Å². The molecule has 2 fully saturated rings. The van der Waals surface area contributed by atoms with Gasteiger partial charge in [-0.2, -0.15) is 0 Å². The number of carbonyl (C=O) groups excluding carboxylic acids is 1. The Morgan fingerprint density at radius 1 is 1.33 bits per heavy atom. The third-order valence-electron chi connectivity index (χ3n) is 3.69. The third kappa shape index (κ3) is 3.59. The van der Waals surface area contributed by atoms with Crippen molar-refractivity contribution in [3.63, 3.8) is 0 Å². The van der Waals surface area contributed by atoms with Gasteiger partial charge >= 0.3 is 6.03 Å². The molecule has 2 amide bonds. The maximum absolute atomic E-state index is 11.8. The summed E-state index contributed by atoms with van der Waals surface area (Å²) in [4.78, 5) is 15.3. The van der Waals surface area contributed by atoms with Crippen molar-refractivity contribution in [2.75, 3.05) is 47.0 Å². The highest BCUT2D eigenvalue weighted by Crippen LogP contribution is 2.18. The summed E-state index contributed by atoms with van der Waals surface area (Å²) >= 11 is 0. The molecule has 0 N–H and O–H groups in total. The van der Waals surface area contributed by atoms with Crippen LogP contribution in [0, 0.1) is 5.92 Å². The van der Waals surface area contributed by atoms with Gasteiger partial charge in [0.2, 0.25) is 0 Å². The molecule has 5 nitrogen and oxygen atoms in total. The molecule has 2 saturated heterocycles.